The number of rotatable bonds is 6. The first-order chi connectivity index (χ1) is 11.7. The Morgan fingerprint density at radius 2 is 1.79 bits per heavy atom. The van der Waals surface area contributed by atoms with E-state index >= 15 is 0 Å². The van der Waals surface area contributed by atoms with Gasteiger partial charge < -0.3 is 9.47 Å². The van der Waals surface area contributed by atoms with Crippen LogP contribution in [0.2, 0.25) is 0 Å². The summed E-state index contributed by atoms with van der Waals surface area (Å²) < 4.78 is 12.6. The second-order valence-corrected chi connectivity index (χ2v) is 7.15. The van der Waals surface area contributed by atoms with E-state index < -0.39 is 0 Å². The zero-order valence-electron chi connectivity index (χ0n) is 14.1. The lowest BCUT2D eigenvalue weighted by Gasteiger charge is -2.28. The van der Waals surface area contributed by atoms with Crippen LogP contribution in [0.4, 0.5) is 0 Å². The first kappa shape index (κ1) is 17.5. The summed E-state index contributed by atoms with van der Waals surface area (Å²) in [6, 6.07) is 16.3. The van der Waals surface area contributed by atoms with Gasteiger partial charge in [-0.05, 0) is 54.8 Å². The molecule has 2 aromatic rings. The molecule has 0 aliphatic carbocycles. The standard InChI is InChI=1S/C20H24BrNO2/c1-16(10-11-22-12-14-23-15-13-22)19-4-2-3-5-20(19)24-18-8-6-17(21)7-9-18/h2-9,16H,10-15H2,1H3. The summed E-state index contributed by atoms with van der Waals surface area (Å²) in [6.45, 7) is 7.20. The van der Waals surface area contributed by atoms with E-state index in [1.165, 1.54) is 5.56 Å². The lowest BCUT2D eigenvalue weighted by atomic mass is 9.96. The van der Waals surface area contributed by atoms with Crippen LogP contribution in [0.5, 0.6) is 11.5 Å². The van der Waals surface area contributed by atoms with E-state index in [1.807, 2.05) is 30.3 Å². The molecule has 0 radical (unpaired) electrons. The Labute approximate surface area is 152 Å². The molecule has 1 fully saturated rings. The van der Waals surface area contributed by atoms with E-state index in [9.17, 15) is 0 Å². The van der Waals surface area contributed by atoms with Gasteiger partial charge in [0.1, 0.15) is 11.5 Å². The molecule has 1 aliphatic heterocycles. The molecule has 1 atom stereocenters. The van der Waals surface area contributed by atoms with Crippen molar-refractivity contribution in [2.75, 3.05) is 32.8 Å². The van der Waals surface area contributed by atoms with Gasteiger partial charge in [0.15, 0.2) is 0 Å². The van der Waals surface area contributed by atoms with Crippen molar-refractivity contribution in [3.63, 3.8) is 0 Å². The maximum absolute atomic E-state index is 6.12. The highest BCUT2D eigenvalue weighted by atomic mass is 79.9. The van der Waals surface area contributed by atoms with Gasteiger partial charge in [0.05, 0.1) is 13.2 Å². The monoisotopic (exact) mass is 389 g/mol. The van der Waals surface area contributed by atoms with Crippen molar-refractivity contribution in [1.29, 1.82) is 0 Å². The lowest BCUT2D eigenvalue weighted by Crippen LogP contribution is -2.37. The molecular weight excluding hydrogens is 366 g/mol. The first-order valence-electron chi connectivity index (χ1n) is 8.55. The van der Waals surface area contributed by atoms with Gasteiger partial charge in [-0.25, -0.2) is 0 Å². The number of halogens is 1. The zero-order valence-corrected chi connectivity index (χ0v) is 15.7. The SMILES string of the molecule is CC(CCN1CCOCC1)c1ccccc1Oc1ccc(Br)cc1. The summed E-state index contributed by atoms with van der Waals surface area (Å²) >= 11 is 3.46. The lowest BCUT2D eigenvalue weighted by molar-refractivity contribution is 0.0367. The van der Waals surface area contributed by atoms with Gasteiger partial charge in [-0.1, -0.05) is 41.1 Å². The molecule has 3 rings (SSSR count). The largest absolute Gasteiger partial charge is 0.457 e. The van der Waals surface area contributed by atoms with Crippen molar-refractivity contribution >= 4 is 15.9 Å². The second kappa shape index (κ2) is 8.65. The minimum absolute atomic E-state index is 0.458. The van der Waals surface area contributed by atoms with E-state index in [-0.39, 0.29) is 0 Å². The van der Waals surface area contributed by atoms with Crippen molar-refractivity contribution in [3.05, 3.63) is 58.6 Å². The average Bonchev–Trinajstić information content (AvgIpc) is 2.63. The predicted octanol–water partition coefficient (Wildman–Crippen LogP) is 5.07. The highest BCUT2D eigenvalue weighted by molar-refractivity contribution is 9.10. The molecule has 0 spiro atoms. The van der Waals surface area contributed by atoms with Gasteiger partial charge in [-0.15, -0.1) is 0 Å². The van der Waals surface area contributed by atoms with Gasteiger partial charge in [0.25, 0.3) is 0 Å². The molecular formula is C20H24BrNO2. The summed E-state index contributed by atoms with van der Waals surface area (Å²) in [5.41, 5.74) is 1.27. The Hall–Kier alpha value is -1.36. The van der Waals surface area contributed by atoms with Crippen LogP contribution in [-0.4, -0.2) is 37.7 Å². The average molecular weight is 390 g/mol. The van der Waals surface area contributed by atoms with Crippen LogP contribution in [-0.2, 0) is 4.74 Å². The first-order valence-corrected chi connectivity index (χ1v) is 9.34. The number of hydrogen-bond donors (Lipinski definition) is 0. The van der Waals surface area contributed by atoms with Gasteiger partial charge in [0.2, 0.25) is 0 Å². The van der Waals surface area contributed by atoms with Crippen molar-refractivity contribution in [2.24, 2.45) is 0 Å². The molecule has 4 heteroatoms. The molecule has 3 nitrogen and oxygen atoms in total. The third-order valence-corrected chi connectivity index (χ3v) is 5.00. The Morgan fingerprint density at radius 1 is 1.08 bits per heavy atom. The van der Waals surface area contributed by atoms with Crippen LogP contribution in [0.15, 0.2) is 53.0 Å². The van der Waals surface area contributed by atoms with Crippen LogP contribution in [0.3, 0.4) is 0 Å². The van der Waals surface area contributed by atoms with Crippen molar-refractivity contribution in [1.82, 2.24) is 4.90 Å². The topological polar surface area (TPSA) is 21.7 Å². The van der Waals surface area contributed by atoms with Crippen LogP contribution < -0.4 is 4.74 Å². The molecule has 1 unspecified atom stereocenters. The van der Waals surface area contributed by atoms with E-state index in [0.717, 1.165) is 55.2 Å². The highest BCUT2D eigenvalue weighted by Gasteiger charge is 2.15. The Bertz CT molecular complexity index is 638. The number of para-hydroxylation sites is 1. The van der Waals surface area contributed by atoms with Gasteiger partial charge in [-0.3, -0.25) is 4.90 Å². The maximum atomic E-state index is 6.12. The molecule has 0 N–H and O–H groups in total. The number of nitrogens with zero attached hydrogens (tertiary/aromatic N) is 1. The molecule has 128 valence electrons. The summed E-state index contributed by atoms with van der Waals surface area (Å²) in [7, 11) is 0. The minimum Gasteiger partial charge on any atom is -0.457 e. The molecule has 2 aromatic carbocycles. The predicted molar refractivity (Wildman–Crippen MR) is 101 cm³/mol. The fourth-order valence-corrected chi connectivity index (χ4v) is 3.23. The highest BCUT2D eigenvalue weighted by Crippen LogP contribution is 2.32. The number of morpholine rings is 1. The third kappa shape index (κ3) is 4.82. The van der Waals surface area contributed by atoms with Crippen LogP contribution in [0, 0.1) is 0 Å². The molecule has 0 bridgehead atoms. The summed E-state index contributed by atoms with van der Waals surface area (Å²) in [4.78, 5) is 2.48. The van der Waals surface area contributed by atoms with E-state index in [1.54, 1.807) is 0 Å². The number of hydrogen-bond acceptors (Lipinski definition) is 3. The number of benzene rings is 2. The van der Waals surface area contributed by atoms with E-state index in [4.69, 9.17) is 9.47 Å². The fourth-order valence-electron chi connectivity index (χ4n) is 2.97. The third-order valence-electron chi connectivity index (χ3n) is 4.47. The van der Waals surface area contributed by atoms with E-state index in [0.29, 0.717) is 5.92 Å². The van der Waals surface area contributed by atoms with Gasteiger partial charge in [-0.2, -0.15) is 0 Å². The maximum Gasteiger partial charge on any atom is 0.130 e. The molecule has 1 heterocycles. The normalized spacial score (nSPS) is 16.8. The van der Waals surface area contributed by atoms with Crippen molar-refractivity contribution in [3.8, 4) is 11.5 Å². The molecule has 1 aliphatic rings. The van der Waals surface area contributed by atoms with Crippen LogP contribution >= 0.6 is 15.9 Å². The Morgan fingerprint density at radius 3 is 2.54 bits per heavy atom. The van der Waals surface area contributed by atoms with Gasteiger partial charge >= 0.3 is 0 Å². The van der Waals surface area contributed by atoms with Crippen molar-refractivity contribution < 1.29 is 9.47 Å². The van der Waals surface area contributed by atoms with E-state index in [2.05, 4.69) is 46.0 Å². The van der Waals surface area contributed by atoms with Crippen LogP contribution in [0.25, 0.3) is 0 Å². The Balaban J connectivity index is 1.65. The van der Waals surface area contributed by atoms with Crippen LogP contribution in [0.1, 0.15) is 24.8 Å². The number of ether oxygens (including phenoxy) is 2. The summed E-state index contributed by atoms with van der Waals surface area (Å²) in [5, 5.41) is 0. The summed E-state index contributed by atoms with van der Waals surface area (Å²) in [5.74, 6) is 2.28. The van der Waals surface area contributed by atoms with Gasteiger partial charge in [0, 0.05) is 17.6 Å². The molecule has 0 aromatic heterocycles. The summed E-state index contributed by atoms with van der Waals surface area (Å²) in [6.07, 6.45) is 1.13. The molecule has 1 saturated heterocycles. The quantitative estimate of drug-likeness (QED) is 0.688. The fraction of sp³-hybridized carbons (Fsp3) is 0.400. The minimum atomic E-state index is 0.458. The zero-order chi connectivity index (χ0) is 16.8. The molecule has 24 heavy (non-hydrogen) atoms. The smallest absolute Gasteiger partial charge is 0.130 e. The molecule has 0 saturated carbocycles. The molecule has 0 amide bonds. The second-order valence-electron chi connectivity index (χ2n) is 6.24. The Kier molecular flexibility index (Phi) is 6.30. The van der Waals surface area contributed by atoms with Crippen molar-refractivity contribution in [2.45, 2.75) is 19.3 Å².